The number of carbonyl (C=O) groups excluding carboxylic acids is 3. The maximum absolute atomic E-state index is 12.6. The third kappa shape index (κ3) is 36.4. The summed E-state index contributed by atoms with van der Waals surface area (Å²) in [5.74, 6) is -1.80. The van der Waals surface area contributed by atoms with Crippen LogP contribution in [-0.2, 0) is 28.6 Å². The molecule has 8 heteroatoms. The number of hydrogen-bond donors (Lipinski definition) is 0. The van der Waals surface area contributed by atoms with Gasteiger partial charge >= 0.3 is 11.9 Å². The van der Waals surface area contributed by atoms with Crippen LogP contribution in [0.2, 0.25) is 0 Å². The van der Waals surface area contributed by atoms with Gasteiger partial charge in [0.25, 0.3) is 0 Å². The molecule has 2 atom stereocenters. The molecule has 0 saturated carbocycles. The summed E-state index contributed by atoms with van der Waals surface area (Å²) < 4.78 is 17.1. The molecular weight excluding hydrogens is 703 g/mol. The van der Waals surface area contributed by atoms with Crippen molar-refractivity contribution in [3.8, 4) is 0 Å². The van der Waals surface area contributed by atoms with Crippen LogP contribution in [0.15, 0.2) is 72.9 Å². The lowest BCUT2D eigenvalue weighted by Gasteiger charge is -2.34. The van der Waals surface area contributed by atoms with E-state index in [2.05, 4.69) is 86.8 Å². The number of carbonyl (C=O) groups is 3. The molecule has 0 fully saturated rings. The molecule has 0 rings (SSSR count). The van der Waals surface area contributed by atoms with Crippen molar-refractivity contribution in [2.45, 2.75) is 174 Å². The van der Waals surface area contributed by atoms with E-state index in [1.165, 1.54) is 44.9 Å². The van der Waals surface area contributed by atoms with E-state index in [1.807, 2.05) is 0 Å². The number of unbranched alkanes of at least 4 members (excludes halogenated alkanes) is 12. The number of carboxylic acid groups (broad SMARTS) is 1. The largest absolute Gasteiger partial charge is 0.544 e. The number of aliphatic carboxylic acids is 1. The number of allylic oxidation sites excluding steroid dienone is 12. The first-order valence-electron chi connectivity index (χ1n) is 22.0. The Bertz CT molecular complexity index is 1140. The first kappa shape index (κ1) is 52.8. The van der Waals surface area contributed by atoms with Gasteiger partial charge in [0.1, 0.15) is 12.6 Å². The summed E-state index contributed by atoms with van der Waals surface area (Å²) in [7, 11) is 5.38. The number of esters is 2. The summed E-state index contributed by atoms with van der Waals surface area (Å²) in [6, 6.07) is -0.733. The quantitative estimate of drug-likeness (QED) is 0.0266. The van der Waals surface area contributed by atoms with Gasteiger partial charge in [-0.25, -0.2) is 0 Å². The topological polar surface area (TPSA) is 102 Å². The van der Waals surface area contributed by atoms with E-state index in [1.54, 1.807) is 21.1 Å². The Hall–Kier alpha value is -3.23. The number of rotatable bonds is 38. The van der Waals surface area contributed by atoms with Gasteiger partial charge in [-0.2, -0.15) is 0 Å². The fraction of sp³-hybridized carbons (Fsp3) is 0.688. The molecule has 0 N–H and O–H groups in total. The number of nitrogens with zero attached hydrogens (tertiary/aromatic N) is 1. The van der Waals surface area contributed by atoms with Crippen LogP contribution in [0.3, 0.4) is 0 Å². The fourth-order valence-corrected chi connectivity index (χ4v) is 5.92. The molecule has 0 spiro atoms. The maximum atomic E-state index is 12.6. The number of likely N-dealkylation sites (N-methyl/N-ethyl adjacent to an activating group) is 1. The molecule has 0 bridgehead atoms. The SMILES string of the molecule is CC/C=C/C/C=C/C/C=C/C/C=C/C/C=C/CCCCCCCCCC(=O)OCC(COCCC(C(=O)[O-])[N+](C)(C)C)OC(=O)CCC/C=C/CCCCCC. The molecule has 0 aromatic heterocycles. The van der Waals surface area contributed by atoms with Crippen LogP contribution in [0.1, 0.15) is 162 Å². The van der Waals surface area contributed by atoms with Gasteiger partial charge < -0.3 is 28.6 Å². The van der Waals surface area contributed by atoms with Crippen molar-refractivity contribution in [2.24, 2.45) is 0 Å². The zero-order chi connectivity index (χ0) is 41.4. The number of hydrogen-bond acceptors (Lipinski definition) is 7. The normalized spacial score (nSPS) is 13.7. The third-order valence-electron chi connectivity index (χ3n) is 9.33. The van der Waals surface area contributed by atoms with Gasteiger partial charge in [0.15, 0.2) is 6.10 Å². The Morgan fingerprint density at radius 2 is 1.02 bits per heavy atom. The molecular formula is C48H81NO7. The Balaban J connectivity index is 4.26. The molecule has 0 aliphatic heterocycles. The molecule has 0 aliphatic rings. The number of ether oxygens (including phenoxy) is 3. The molecule has 0 aliphatic carbocycles. The van der Waals surface area contributed by atoms with Crippen LogP contribution in [0.25, 0.3) is 0 Å². The fourth-order valence-electron chi connectivity index (χ4n) is 5.92. The minimum atomic E-state index is -1.13. The lowest BCUT2D eigenvalue weighted by Crippen LogP contribution is -2.55. The van der Waals surface area contributed by atoms with Crippen LogP contribution < -0.4 is 5.11 Å². The Morgan fingerprint density at radius 1 is 0.554 bits per heavy atom. The van der Waals surface area contributed by atoms with Gasteiger partial charge in [-0.05, 0) is 77.0 Å². The summed E-state index contributed by atoms with van der Waals surface area (Å²) in [5.41, 5.74) is 0. The first-order valence-corrected chi connectivity index (χ1v) is 22.0. The van der Waals surface area contributed by atoms with Crippen molar-refractivity contribution in [1.82, 2.24) is 0 Å². The molecule has 320 valence electrons. The molecule has 0 radical (unpaired) electrons. The Morgan fingerprint density at radius 3 is 1.55 bits per heavy atom. The average Bonchev–Trinajstić information content (AvgIpc) is 3.15. The van der Waals surface area contributed by atoms with Crippen molar-refractivity contribution in [1.29, 1.82) is 0 Å². The highest BCUT2D eigenvalue weighted by Crippen LogP contribution is 2.12. The minimum absolute atomic E-state index is 0.0225. The molecule has 0 saturated heterocycles. The molecule has 0 aromatic carbocycles. The minimum Gasteiger partial charge on any atom is -0.544 e. The summed E-state index contributed by atoms with van der Waals surface area (Å²) >= 11 is 0. The van der Waals surface area contributed by atoms with Gasteiger partial charge in [0.05, 0.1) is 40.3 Å². The van der Waals surface area contributed by atoms with Gasteiger partial charge in [-0.1, -0.05) is 138 Å². The Labute approximate surface area is 342 Å². The second-order valence-corrected chi connectivity index (χ2v) is 15.5. The lowest BCUT2D eigenvalue weighted by molar-refractivity contribution is -0.889. The predicted molar refractivity (Wildman–Crippen MR) is 231 cm³/mol. The first-order chi connectivity index (χ1) is 27.1. The van der Waals surface area contributed by atoms with Crippen LogP contribution in [0, 0.1) is 0 Å². The summed E-state index contributed by atoms with van der Waals surface area (Å²) in [6.07, 6.45) is 48.0. The highest BCUT2D eigenvalue weighted by atomic mass is 16.6. The van der Waals surface area contributed by atoms with Gasteiger partial charge in [-0.15, -0.1) is 0 Å². The van der Waals surface area contributed by atoms with Crippen molar-refractivity contribution in [3.05, 3.63) is 72.9 Å². The van der Waals surface area contributed by atoms with E-state index >= 15 is 0 Å². The standard InChI is InChI=1S/C48H81NO7/c1-6-8-10-12-14-16-17-18-19-20-21-22-23-24-25-26-27-28-29-31-32-34-36-38-46(50)55-43-44(42-54-41-40-45(48(52)53)49(3,4)5)56-47(51)39-37-35-33-30-15-13-11-9-7-2/h8,10,14,16,18-19,21-22,24-25,30,33,44-45H,6-7,9,11-13,15,17,20,23,26-29,31-32,34-43H2,1-5H3/b10-8+,16-14+,19-18+,22-21+,25-24+,33-30+. The van der Waals surface area contributed by atoms with Gasteiger partial charge in [0, 0.05) is 19.3 Å². The van der Waals surface area contributed by atoms with Crippen molar-refractivity contribution < 1.29 is 38.2 Å². The number of carboxylic acids is 1. The van der Waals surface area contributed by atoms with E-state index in [0.29, 0.717) is 12.8 Å². The van der Waals surface area contributed by atoms with Crippen molar-refractivity contribution in [2.75, 3.05) is 41.0 Å². The number of quaternary nitrogens is 1. The van der Waals surface area contributed by atoms with E-state index in [0.717, 1.165) is 77.0 Å². The summed E-state index contributed by atoms with van der Waals surface area (Å²) in [6.45, 7) is 4.45. The molecule has 2 unspecified atom stereocenters. The van der Waals surface area contributed by atoms with Crippen molar-refractivity contribution in [3.63, 3.8) is 0 Å². The van der Waals surface area contributed by atoms with E-state index in [-0.39, 0.29) is 49.1 Å². The lowest BCUT2D eigenvalue weighted by atomic mass is 10.1. The maximum Gasteiger partial charge on any atom is 0.306 e. The van der Waals surface area contributed by atoms with E-state index < -0.39 is 18.1 Å². The van der Waals surface area contributed by atoms with Gasteiger partial charge in [0.2, 0.25) is 0 Å². The third-order valence-corrected chi connectivity index (χ3v) is 9.33. The highest BCUT2D eigenvalue weighted by molar-refractivity contribution is 5.70. The van der Waals surface area contributed by atoms with Gasteiger partial charge in [-0.3, -0.25) is 9.59 Å². The molecule has 0 heterocycles. The monoisotopic (exact) mass is 784 g/mol. The molecule has 8 nitrogen and oxygen atoms in total. The zero-order valence-corrected chi connectivity index (χ0v) is 36.3. The molecule has 0 amide bonds. The second-order valence-electron chi connectivity index (χ2n) is 15.5. The van der Waals surface area contributed by atoms with Crippen molar-refractivity contribution >= 4 is 17.9 Å². The van der Waals surface area contributed by atoms with E-state index in [4.69, 9.17) is 14.2 Å². The molecule has 0 aromatic rings. The highest BCUT2D eigenvalue weighted by Gasteiger charge is 2.25. The zero-order valence-electron chi connectivity index (χ0n) is 36.3. The Kier molecular flexibility index (Phi) is 36.4. The van der Waals surface area contributed by atoms with Crippen LogP contribution in [0.5, 0.6) is 0 Å². The van der Waals surface area contributed by atoms with Crippen LogP contribution in [0.4, 0.5) is 0 Å². The predicted octanol–water partition coefficient (Wildman–Crippen LogP) is 10.6. The summed E-state index contributed by atoms with van der Waals surface area (Å²) in [5, 5.41) is 11.6. The summed E-state index contributed by atoms with van der Waals surface area (Å²) in [4.78, 5) is 36.7. The van der Waals surface area contributed by atoms with Crippen LogP contribution in [-0.4, -0.2) is 75.5 Å². The van der Waals surface area contributed by atoms with E-state index in [9.17, 15) is 19.5 Å². The smallest absolute Gasteiger partial charge is 0.306 e. The molecule has 56 heavy (non-hydrogen) atoms. The average molecular weight is 784 g/mol. The second kappa shape index (κ2) is 38.6. The van der Waals surface area contributed by atoms with Crippen LogP contribution >= 0.6 is 0 Å².